The van der Waals surface area contributed by atoms with Gasteiger partial charge in [-0.25, -0.2) is 14.8 Å². The molecule has 0 saturated carbocycles. The molecule has 0 fully saturated rings. The molecule has 0 spiro atoms. The molecule has 180 valence electrons. The summed E-state index contributed by atoms with van der Waals surface area (Å²) in [5, 5.41) is 5.81. The standard InChI is InChI=1S/C25H36N4O4/c1-9-16(20(31)14-26-23(32)33-25(6,7)8)13-19(30)17-11-10-12-18-21(17)28-22(15(2)27-18)29-24(3,4)5/h10-12,16H,9,13-14H2,1-8H3,(H,26,32)(H,28,29). The molecule has 2 rings (SSSR count). The largest absolute Gasteiger partial charge is 0.444 e. The fourth-order valence-corrected chi connectivity index (χ4v) is 3.30. The normalized spacial score (nSPS) is 12.8. The van der Waals surface area contributed by atoms with Crippen molar-refractivity contribution in [3.05, 3.63) is 29.5 Å². The van der Waals surface area contributed by atoms with Crippen LogP contribution < -0.4 is 10.6 Å². The molecule has 0 saturated heterocycles. The van der Waals surface area contributed by atoms with E-state index < -0.39 is 17.6 Å². The highest BCUT2D eigenvalue weighted by Crippen LogP contribution is 2.24. The van der Waals surface area contributed by atoms with Crippen molar-refractivity contribution in [2.75, 3.05) is 11.9 Å². The zero-order valence-corrected chi connectivity index (χ0v) is 21.0. The maximum Gasteiger partial charge on any atom is 0.408 e. The van der Waals surface area contributed by atoms with Crippen LogP contribution in [0.25, 0.3) is 11.0 Å². The zero-order valence-electron chi connectivity index (χ0n) is 21.0. The fraction of sp³-hybridized carbons (Fsp3) is 0.560. The number of alkyl carbamates (subject to hydrolysis) is 1. The third-order valence-electron chi connectivity index (χ3n) is 4.85. The first-order chi connectivity index (χ1) is 15.2. The Kier molecular flexibility index (Phi) is 8.16. The molecular weight excluding hydrogens is 420 g/mol. The Bertz CT molecular complexity index is 1040. The lowest BCUT2D eigenvalue weighted by atomic mass is 9.91. The summed E-state index contributed by atoms with van der Waals surface area (Å²) < 4.78 is 5.17. The molecule has 0 aliphatic heterocycles. The van der Waals surface area contributed by atoms with Crippen molar-refractivity contribution < 1.29 is 19.1 Å². The number of ether oxygens (including phenoxy) is 1. The second-order valence-corrected chi connectivity index (χ2v) is 10.3. The summed E-state index contributed by atoms with van der Waals surface area (Å²) >= 11 is 0. The van der Waals surface area contributed by atoms with Gasteiger partial charge in [0.05, 0.1) is 17.8 Å². The maximum atomic E-state index is 13.2. The molecule has 1 aromatic carbocycles. The van der Waals surface area contributed by atoms with Crippen LogP contribution in [0.3, 0.4) is 0 Å². The highest BCUT2D eigenvalue weighted by molar-refractivity contribution is 6.07. The number of carbonyl (C=O) groups is 3. The molecule has 0 radical (unpaired) electrons. The first-order valence-electron chi connectivity index (χ1n) is 11.3. The molecular formula is C25H36N4O4. The van der Waals surface area contributed by atoms with E-state index in [4.69, 9.17) is 9.72 Å². The summed E-state index contributed by atoms with van der Waals surface area (Å²) in [5.41, 5.74) is 1.45. The van der Waals surface area contributed by atoms with Gasteiger partial charge < -0.3 is 15.4 Å². The van der Waals surface area contributed by atoms with E-state index in [-0.39, 0.29) is 30.1 Å². The van der Waals surface area contributed by atoms with Crippen molar-refractivity contribution >= 4 is 34.5 Å². The second-order valence-electron chi connectivity index (χ2n) is 10.3. The number of fused-ring (bicyclic) bond motifs is 1. The number of anilines is 1. The van der Waals surface area contributed by atoms with E-state index >= 15 is 0 Å². The van der Waals surface area contributed by atoms with Crippen LogP contribution in [0.2, 0.25) is 0 Å². The predicted molar refractivity (Wildman–Crippen MR) is 130 cm³/mol. The first kappa shape index (κ1) is 26.2. The van der Waals surface area contributed by atoms with Crippen molar-refractivity contribution in [2.45, 2.75) is 79.4 Å². The number of aryl methyl sites for hydroxylation is 1. The van der Waals surface area contributed by atoms with Crippen molar-refractivity contribution in [3.8, 4) is 0 Å². The molecule has 1 unspecified atom stereocenters. The summed E-state index contributed by atoms with van der Waals surface area (Å²) in [6.07, 6.45) is -0.148. The van der Waals surface area contributed by atoms with Crippen molar-refractivity contribution in [1.29, 1.82) is 0 Å². The average molecular weight is 457 g/mol. The molecule has 2 aromatic rings. The third kappa shape index (κ3) is 7.80. The third-order valence-corrected chi connectivity index (χ3v) is 4.85. The number of carbonyl (C=O) groups excluding carboxylic acids is 3. The summed E-state index contributed by atoms with van der Waals surface area (Å²) in [7, 11) is 0. The van der Waals surface area contributed by atoms with Gasteiger partial charge in [0.1, 0.15) is 16.9 Å². The minimum absolute atomic E-state index is 0.0298. The summed E-state index contributed by atoms with van der Waals surface area (Å²) in [6, 6.07) is 5.30. The second kappa shape index (κ2) is 10.3. The van der Waals surface area contributed by atoms with E-state index in [9.17, 15) is 14.4 Å². The van der Waals surface area contributed by atoms with Crippen LogP contribution in [0.1, 0.15) is 77.4 Å². The molecule has 1 heterocycles. The van der Waals surface area contributed by atoms with Gasteiger partial charge in [0, 0.05) is 23.4 Å². The van der Waals surface area contributed by atoms with E-state index in [1.165, 1.54) is 0 Å². The molecule has 8 heteroatoms. The Hall–Kier alpha value is -3.03. The summed E-state index contributed by atoms with van der Waals surface area (Å²) in [5.74, 6) is -0.292. The lowest BCUT2D eigenvalue weighted by Gasteiger charge is -2.22. The van der Waals surface area contributed by atoms with E-state index in [1.54, 1.807) is 32.9 Å². The number of hydrogen-bond acceptors (Lipinski definition) is 7. The SMILES string of the molecule is CCC(CC(=O)c1cccc2nc(C)c(NC(C)(C)C)nc12)C(=O)CNC(=O)OC(C)(C)C. The Labute approximate surface area is 195 Å². The smallest absolute Gasteiger partial charge is 0.408 e. The maximum absolute atomic E-state index is 13.2. The molecule has 0 bridgehead atoms. The first-order valence-corrected chi connectivity index (χ1v) is 11.3. The van der Waals surface area contributed by atoms with Crippen molar-refractivity contribution in [3.63, 3.8) is 0 Å². The molecule has 2 N–H and O–H groups in total. The van der Waals surface area contributed by atoms with Gasteiger partial charge >= 0.3 is 6.09 Å². The van der Waals surface area contributed by atoms with Crippen LogP contribution in [-0.4, -0.2) is 45.3 Å². The Morgan fingerprint density at radius 3 is 2.30 bits per heavy atom. The number of ketones is 2. The molecule has 0 aliphatic rings. The fourth-order valence-electron chi connectivity index (χ4n) is 3.30. The monoisotopic (exact) mass is 456 g/mol. The van der Waals surface area contributed by atoms with Crippen LogP contribution in [0.5, 0.6) is 0 Å². The molecule has 1 aromatic heterocycles. The van der Waals surface area contributed by atoms with Crippen LogP contribution in [-0.2, 0) is 9.53 Å². The number of rotatable bonds is 8. The van der Waals surface area contributed by atoms with Gasteiger partial charge in [-0.2, -0.15) is 0 Å². The predicted octanol–water partition coefficient (Wildman–Crippen LogP) is 4.84. The van der Waals surface area contributed by atoms with Crippen molar-refractivity contribution in [2.24, 2.45) is 5.92 Å². The zero-order chi connectivity index (χ0) is 25.0. The van der Waals surface area contributed by atoms with E-state index in [2.05, 4.69) is 15.6 Å². The number of nitrogens with one attached hydrogen (secondary N) is 2. The van der Waals surface area contributed by atoms with Gasteiger partial charge in [0.25, 0.3) is 0 Å². The highest BCUT2D eigenvalue weighted by Gasteiger charge is 2.24. The van der Waals surface area contributed by atoms with Crippen LogP contribution >= 0.6 is 0 Å². The van der Waals surface area contributed by atoms with Gasteiger partial charge in [-0.15, -0.1) is 0 Å². The number of Topliss-reactive ketones (excluding diaryl/α,β-unsaturated/α-hetero) is 2. The van der Waals surface area contributed by atoms with Crippen LogP contribution in [0.4, 0.5) is 10.6 Å². The lowest BCUT2D eigenvalue weighted by Crippen LogP contribution is -2.37. The van der Waals surface area contributed by atoms with Gasteiger partial charge in [0.2, 0.25) is 0 Å². The summed E-state index contributed by atoms with van der Waals surface area (Å²) in [4.78, 5) is 47.0. The number of amides is 1. The molecule has 33 heavy (non-hydrogen) atoms. The van der Waals surface area contributed by atoms with Gasteiger partial charge in [0.15, 0.2) is 11.6 Å². The summed E-state index contributed by atoms with van der Waals surface area (Å²) in [6.45, 7) is 14.9. The number of nitrogens with zero attached hydrogens (tertiary/aromatic N) is 2. The average Bonchev–Trinajstić information content (AvgIpc) is 2.67. The molecule has 8 nitrogen and oxygen atoms in total. The molecule has 0 aliphatic carbocycles. The minimum atomic E-state index is -0.657. The Morgan fingerprint density at radius 2 is 1.73 bits per heavy atom. The highest BCUT2D eigenvalue weighted by atomic mass is 16.6. The quantitative estimate of drug-likeness (QED) is 0.547. The van der Waals surface area contributed by atoms with Crippen molar-refractivity contribution in [1.82, 2.24) is 15.3 Å². The Balaban J connectivity index is 2.20. The van der Waals surface area contributed by atoms with Gasteiger partial charge in [-0.1, -0.05) is 13.0 Å². The van der Waals surface area contributed by atoms with Crippen LogP contribution in [0.15, 0.2) is 18.2 Å². The Morgan fingerprint density at radius 1 is 1.06 bits per heavy atom. The lowest BCUT2D eigenvalue weighted by molar-refractivity contribution is -0.122. The van der Waals surface area contributed by atoms with E-state index in [0.717, 1.165) is 5.69 Å². The number of hydrogen-bond donors (Lipinski definition) is 2. The number of aromatic nitrogens is 2. The van der Waals surface area contributed by atoms with E-state index in [1.807, 2.05) is 40.7 Å². The number of para-hydroxylation sites is 1. The number of benzene rings is 1. The van der Waals surface area contributed by atoms with Gasteiger partial charge in [-0.05, 0) is 67.0 Å². The van der Waals surface area contributed by atoms with Gasteiger partial charge in [-0.3, -0.25) is 9.59 Å². The van der Waals surface area contributed by atoms with Crippen LogP contribution in [0, 0.1) is 12.8 Å². The topological polar surface area (TPSA) is 110 Å². The molecule has 1 atom stereocenters. The molecule has 1 amide bonds. The van der Waals surface area contributed by atoms with E-state index in [0.29, 0.717) is 28.8 Å². The minimum Gasteiger partial charge on any atom is -0.444 e.